The van der Waals surface area contributed by atoms with Crippen LogP contribution >= 0.6 is 0 Å². The number of nitrogens with zero attached hydrogens (tertiary/aromatic N) is 1. The summed E-state index contributed by atoms with van der Waals surface area (Å²) in [7, 11) is 0. The molecule has 6 heteroatoms. The molecule has 23 heavy (non-hydrogen) atoms. The molecule has 0 radical (unpaired) electrons. The third-order valence-electron chi connectivity index (χ3n) is 3.09. The molecule has 0 aliphatic rings. The van der Waals surface area contributed by atoms with Gasteiger partial charge in [0.1, 0.15) is 5.75 Å². The van der Waals surface area contributed by atoms with E-state index in [9.17, 15) is 4.79 Å². The number of nitrogens with one attached hydrogen (secondary N) is 1. The summed E-state index contributed by atoms with van der Waals surface area (Å²) in [4.78, 5) is 11.8. The minimum Gasteiger partial charge on any atom is -0.399 e. The topological polar surface area (TPSA) is 114 Å². The van der Waals surface area contributed by atoms with Gasteiger partial charge < -0.3 is 21.5 Å². The van der Waals surface area contributed by atoms with E-state index in [4.69, 9.17) is 16.7 Å². The summed E-state index contributed by atoms with van der Waals surface area (Å²) in [5.74, 6) is 0.204. The van der Waals surface area contributed by atoms with E-state index in [1.165, 1.54) is 6.08 Å². The van der Waals surface area contributed by atoms with Gasteiger partial charge in [0.2, 0.25) is 5.91 Å². The Bertz CT molecular complexity index is 761. The van der Waals surface area contributed by atoms with E-state index in [1.54, 1.807) is 54.8 Å². The van der Waals surface area contributed by atoms with Crippen molar-refractivity contribution in [2.45, 2.75) is 6.54 Å². The number of amides is 1. The zero-order valence-electron chi connectivity index (χ0n) is 12.3. The Morgan fingerprint density at radius 3 is 2.65 bits per heavy atom. The van der Waals surface area contributed by atoms with Crippen LogP contribution < -0.4 is 21.5 Å². The fourth-order valence-electron chi connectivity index (χ4n) is 1.89. The molecule has 0 bridgehead atoms. The third-order valence-corrected chi connectivity index (χ3v) is 3.09. The maximum Gasteiger partial charge on any atom is 0.292 e. The number of carbonyl (C=O) groups excluding carboxylic acids is 1. The SMILES string of the molecule is N#COc1ccc(/C=C/C(=O)NCc2cc(N)ccc2N)cc1. The molecule has 1 amide bonds. The summed E-state index contributed by atoms with van der Waals surface area (Å²) in [5.41, 5.74) is 14.3. The standard InChI is InChI=1S/C17H16N4O2/c18-11-23-15-5-1-12(2-6-15)3-8-17(22)21-10-13-9-14(19)4-7-16(13)20/h1-9H,10,19-20H2,(H,21,22)/b8-3+. The molecule has 116 valence electrons. The number of ether oxygens (including phenoxy) is 1. The number of nitrogens with two attached hydrogens (primary N) is 2. The van der Waals surface area contributed by atoms with E-state index in [-0.39, 0.29) is 5.91 Å². The predicted molar refractivity (Wildman–Crippen MR) is 88.8 cm³/mol. The first-order valence-corrected chi connectivity index (χ1v) is 6.84. The average Bonchev–Trinajstić information content (AvgIpc) is 2.55. The lowest BCUT2D eigenvalue weighted by molar-refractivity contribution is -0.116. The van der Waals surface area contributed by atoms with Gasteiger partial charge in [-0.2, -0.15) is 0 Å². The maximum absolute atomic E-state index is 11.8. The van der Waals surface area contributed by atoms with E-state index in [0.717, 1.165) is 11.1 Å². The summed E-state index contributed by atoms with van der Waals surface area (Å²) < 4.78 is 4.67. The highest BCUT2D eigenvalue weighted by Gasteiger charge is 2.02. The highest BCUT2D eigenvalue weighted by Crippen LogP contribution is 2.15. The average molecular weight is 308 g/mol. The van der Waals surface area contributed by atoms with Crippen LogP contribution in [0.5, 0.6) is 5.75 Å². The van der Waals surface area contributed by atoms with Gasteiger partial charge in [-0.15, -0.1) is 5.26 Å². The number of anilines is 2. The molecule has 2 aromatic carbocycles. The zero-order valence-corrected chi connectivity index (χ0v) is 12.3. The van der Waals surface area contributed by atoms with Crippen molar-refractivity contribution < 1.29 is 9.53 Å². The number of hydrogen-bond donors (Lipinski definition) is 3. The van der Waals surface area contributed by atoms with E-state index in [2.05, 4.69) is 10.1 Å². The maximum atomic E-state index is 11.8. The van der Waals surface area contributed by atoms with Crippen LogP contribution in [0.15, 0.2) is 48.5 Å². The lowest BCUT2D eigenvalue weighted by atomic mass is 10.1. The van der Waals surface area contributed by atoms with Crippen molar-refractivity contribution in [3.63, 3.8) is 0 Å². The van der Waals surface area contributed by atoms with Crippen molar-refractivity contribution in [1.82, 2.24) is 5.32 Å². The number of nitrogen functional groups attached to an aromatic ring is 2. The van der Waals surface area contributed by atoms with Gasteiger partial charge in [0.25, 0.3) is 6.26 Å². The largest absolute Gasteiger partial charge is 0.399 e. The molecule has 0 atom stereocenters. The molecule has 6 nitrogen and oxygen atoms in total. The second kappa shape index (κ2) is 7.52. The first kappa shape index (κ1) is 15.9. The number of hydrogen-bond acceptors (Lipinski definition) is 5. The number of nitriles is 1. The normalized spacial score (nSPS) is 10.2. The number of carbonyl (C=O) groups is 1. The highest BCUT2D eigenvalue weighted by molar-refractivity contribution is 5.91. The fourth-order valence-corrected chi connectivity index (χ4v) is 1.89. The smallest absolute Gasteiger partial charge is 0.292 e. The molecule has 0 unspecified atom stereocenters. The third kappa shape index (κ3) is 4.79. The lowest BCUT2D eigenvalue weighted by Gasteiger charge is -2.07. The van der Waals surface area contributed by atoms with Crippen molar-refractivity contribution in [2.75, 3.05) is 11.5 Å². The number of benzene rings is 2. The van der Waals surface area contributed by atoms with E-state index >= 15 is 0 Å². The minimum absolute atomic E-state index is 0.246. The van der Waals surface area contributed by atoms with Crippen molar-refractivity contribution in [1.29, 1.82) is 5.26 Å². The Balaban J connectivity index is 1.91. The van der Waals surface area contributed by atoms with Crippen molar-refractivity contribution in [3.8, 4) is 12.0 Å². The van der Waals surface area contributed by atoms with Gasteiger partial charge in [0.15, 0.2) is 0 Å². The van der Waals surface area contributed by atoms with Crippen LogP contribution in [0.3, 0.4) is 0 Å². The Labute approximate surface area is 134 Å². The summed E-state index contributed by atoms with van der Waals surface area (Å²) in [6.45, 7) is 0.301. The molecule has 5 N–H and O–H groups in total. The summed E-state index contributed by atoms with van der Waals surface area (Å²) in [6, 6.07) is 11.9. The van der Waals surface area contributed by atoms with Gasteiger partial charge in [-0.05, 0) is 47.5 Å². The van der Waals surface area contributed by atoms with Crippen LogP contribution in [0.2, 0.25) is 0 Å². The van der Waals surface area contributed by atoms with E-state index in [1.807, 2.05) is 0 Å². The molecule has 0 saturated heterocycles. The van der Waals surface area contributed by atoms with Crippen LogP contribution in [0.4, 0.5) is 11.4 Å². The van der Waals surface area contributed by atoms with Crippen LogP contribution in [0, 0.1) is 11.5 Å². The monoisotopic (exact) mass is 308 g/mol. The van der Waals surface area contributed by atoms with Gasteiger partial charge in [0, 0.05) is 24.0 Å². The number of rotatable bonds is 5. The van der Waals surface area contributed by atoms with Gasteiger partial charge in [-0.1, -0.05) is 12.1 Å². The summed E-state index contributed by atoms with van der Waals surface area (Å²) in [5, 5.41) is 11.1. The molecule has 0 aliphatic carbocycles. The zero-order chi connectivity index (χ0) is 16.7. The van der Waals surface area contributed by atoms with Gasteiger partial charge in [-0.3, -0.25) is 4.79 Å². The quantitative estimate of drug-likeness (QED) is 0.444. The van der Waals surface area contributed by atoms with Crippen LogP contribution in [-0.4, -0.2) is 5.91 Å². The Morgan fingerprint density at radius 2 is 1.96 bits per heavy atom. The highest BCUT2D eigenvalue weighted by atomic mass is 16.5. The van der Waals surface area contributed by atoms with Gasteiger partial charge >= 0.3 is 0 Å². The van der Waals surface area contributed by atoms with Crippen molar-refractivity contribution in [2.24, 2.45) is 0 Å². The summed E-state index contributed by atoms with van der Waals surface area (Å²) >= 11 is 0. The lowest BCUT2D eigenvalue weighted by Crippen LogP contribution is -2.21. The fraction of sp³-hybridized carbons (Fsp3) is 0.0588. The molecule has 0 aliphatic heterocycles. The van der Waals surface area contributed by atoms with E-state index < -0.39 is 0 Å². The first-order valence-electron chi connectivity index (χ1n) is 6.84. The molecule has 2 aromatic rings. The molecule has 0 spiro atoms. The van der Waals surface area contributed by atoms with Gasteiger partial charge in [-0.25, -0.2) is 0 Å². The second-order valence-corrected chi connectivity index (χ2v) is 4.77. The Kier molecular flexibility index (Phi) is 5.21. The molecule has 0 fully saturated rings. The molecule has 0 saturated carbocycles. The van der Waals surface area contributed by atoms with Gasteiger partial charge in [0.05, 0.1) is 0 Å². The predicted octanol–water partition coefficient (Wildman–Crippen LogP) is 2.04. The van der Waals surface area contributed by atoms with Crippen LogP contribution in [-0.2, 0) is 11.3 Å². The first-order chi connectivity index (χ1) is 11.1. The molecule has 0 aromatic heterocycles. The molecule has 2 rings (SSSR count). The van der Waals surface area contributed by atoms with Crippen LogP contribution in [0.1, 0.15) is 11.1 Å². The minimum atomic E-state index is -0.246. The van der Waals surface area contributed by atoms with E-state index in [0.29, 0.717) is 23.7 Å². The molecular formula is C17H16N4O2. The molecular weight excluding hydrogens is 292 g/mol. The van der Waals surface area contributed by atoms with Crippen LogP contribution in [0.25, 0.3) is 6.08 Å². The Hall–Kier alpha value is -3.46. The molecule has 0 heterocycles. The van der Waals surface area contributed by atoms with Crippen molar-refractivity contribution in [3.05, 3.63) is 59.7 Å². The summed E-state index contributed by atoms with van der Waals surface area (Å²) in [6.07, 6.45) is 4.67. The second-order valence-electron chi connectivity index (χ2n) is 4.77. The van der Waals surface area contributed by atoms with Crippen molar-refractivity contribution >= 4 is 23.4 Å². The Morgan fingerprint density at radius 1 is 1.22 bits per heavy atom.